The Bertz CT molecular complexity index is 980. The monoisotopic (exact) mass is 339 g/mol. The Morgan fingerprint density at radius 3 is 1.69 bits per heavy atom. The summed E-state index contributed by atoms with van der Waals surface area (Å²) in [5.41, 5.74) is 3.39. The predicted octanol–water partition coefficient (Wildman–Crippen LogP) is 3.99. The van der Waals surface area contributed by atoms with E-state index in [4.69, 9.17) is 0 Å². The molecule has 126 valence electrons. The predicted molar refractivity (Wildman–Crippen MR) is 108 cm³/mol. The van der Waals surface area contributed by atoms with Gasteiger partial charge in [0.15, 0.2) is 0 Å². The molecule has 2 N–H and O–H groups in total. The van der Waals surface area contributed by atoms with Crippen molar-refractivity contribution in [2.75, 3.05) is 4.90 Å². The number of fused-ring (bicyclic) bond motifs is 1. The summed E-state index contributed by atoms with van der Waals surface area (Å²) in [6.45, 7) is 0. The molecule has 0 spiro atoms. The Hall–Kier alpha value is -3.08. The second kappa shape index (κ2) is 7.04. The molecule has 0 radical (unpaired) electrons. The van der Waals surface area contributed by atoms with E-state index in [1.54, 1.807) is 0 Å². The van der Waals surface area contributed by atoms with E-state index < -0.39 is 7.12 Å². The van der Waals surface area contributed by atoms with E-state index in [1.165, 1.54) is 0 Å². The van der Waals surface area contributed by atoms with Gasteiger partial charge in [-0.1, -0.05) is 60.7 Å². The summed E-state index contributed by atoms with van der Waals surface area (Å²) in [6, 6.07) is 31.8. The number of anilines is 3. The minimum absolute atomic E-state index is 0.495. The highest BCUT2D eigenvalue weighted by molar-refractivity contribution is 6.62. The molecule has 4 aromatic carbocycles. The van der Waals surface area contributed by atoms with Crippen molar-refractivity contribution in [3.63, 3.8) is 0 Å². The van der Waals surface area contributed by atoms with Crippen molar-refractivity contribution in [3.8, 4) is 0 Å². The third-order valence-electron chi connectivity index (χ3n) is 4.44. The lowest BCUT2D eigenvalue weighted by atomic mass is 9.76. The second-order valence-electron chi connectivity index (χ2n) is 6.14. The van der Waals surface area contributed by atoms with Crippen molar-refractivity contribution in [1.82, 2.24) is 0 Å². The molecule has 0 heterocycles. The summed E-state index contributed by atoms with van der Waals surface area (Å²) in [7, 11) is -1.53. The maximum Gasteiger partial charge on any atom is 0.489 e. The molecule has 26 heavy (non-hydrogen) atoms. The minimum atomic E-state index is -1.53. The number of rotatable bonds is 4. The van der Waals surface area contributed by atoms with Crippen LogP contribution in [0.5, 0.6) is 0 Å². The van der Waals surface area contributed by atoms with Gasteiger partial charge >= 0.3 is 7.12 Å². The zero-order valence-electron chi connectivity index (χ0n) is 14.2. The molecule has 0 aliphatic rings. The van der Waals surface area contributed by atoms with Crippen LogP contribution in [0.3, 0.4) is 0 Å². The highest BCUT2D eigenvalue weighted by atomic mass is 16.4. The molecule has 0 saturated heterocycles. The Kier molecular flexibility index (Phi) is 4.44. The number of nitrogens with zero attached hydrogens (tertiary/aromatic N) is 1. The molecule has 4 aromatic rings. The first-order chi connectivity index (χ1) is 12.7. The molecule has 0 aliphatic heterocycles. The van der Waals surface area contributed by atoms with E-state index in [2.05, 4.69) is 11.0 Å². The lowest BCUT2D eigenvalue weighted by Gasteiger charge is -2.26. The fourth-order valence-electron chi connectivity index (χ4n) is 3.27. The maximum absolute atomic E-state index is 9.91. The van der Waals surface area contributed by atoms with Crippen LogP contribution in [0.15, 0.2) is 97.1 Å². The standard InChI is InChI=1S/C22H18BNO2/c25-23(26)22-16-20(15-17-9-7-8-14-21(17)22)24(18-10-3-1-4-11-18)19-12-5-2-6-13-19/h1-16,25-26H. The van der Waals surface area contributed by atoms with Gasteiger partial charge in [-0.15, -0.1) is 0 Å². The minimum Gasteiger partial charge on any atom is -0.423 e. The van der Waals surface area contributed by atoms with Crippen LogP contribution in [0.2, 0.25) is 0 Å². The normalized spacial score (nSPS) is 10.7. The summed E-state index contributed by atoms with van der Waals surface area (Å²) in [5.74, 6) is 0. The largest absolute Gasteiger partial charge is 0.489 e. The fraction of sp³-hybridized carbons (Fsp3) is 0. The quantitative estimate of drug-likeness (QED) is 0.553. The summed E-state index contributed by atoms with van der Waals surface area (Å²) in [5, 5.41) is 21.6. The summed E-state index contributed by atoms with van der Waals surface area (Å²) in [4.78, 5) is 2.11. The molecule has 0 fully saturated rings. The topological polar surface area (TPSA) is 43.7 Å². The van der Waals surface area contributed by atoms with Crippen molar-refractivity contribution in [3.05, 3.63) is 97.1 Å². The summed E-state index contributed by atoms with van der Waals surface area (Å²) >= 11 is 0. The van der Waals surface area contributed by atoms with Gasteiger partial charge in [0.25, 0.3) is 0 Å². The highest BCUT2D eigenvalue weighted by Gasteiger charge is 2.19. The van der Waals surface area contributed by atoms with Crippen LogP contribution in [0.25, 0.3) is 10.8 Å². The van der Waals surface area contributed by atoms with E-state index in [1.807, 2.05) is 91.0 Å². The van der Waals surface area contributed by atoms with Gasteiger partial charge in [0.1, 0.15) is 0 Å². The van der Waals surface area contributed by atoms with Crippen molar-refractivity contribution in [2.24, 2.45) is 0 Å². The molecule has 0 saturated carbocycles. The number of para-hydroxylation sites is 2. The lowest BCUT2D eigenvalue weighted by molar-refractivity contribution is 0.426. The van der Waals surface area contributed by atoms with Crippen LogP contribution < -0.4 is 10.4 Å². The lowest BCUT2D eigenvalue weighted by Crippen LogP contribution is -2.31. The van der Waals surface area contributed by atoms with Gasteiger partial charge in [0, 0.05) is 17.1 Å². The molecule has 3 nitrogen and oxygen atoms in total. The van der Waals surface area contributed by atoms with Crippen molar-refractivity contribution >= 4 is 40.4 Å². The maximum atomic E-state index is 9.91. The Morgan fingerprint density at radius 1 is 0.577 bits per heavy atom. The van der Waals surface area contributed by atoms with Gasteiger partial charge in [-0.3, -0.25) is 0 Å². The van der Waals surface area contributed by atoms with E-state index >= 15 is 0 Å². The average Bonchev–Trinajstić information content (AvgIpc) is 2.69. The van der Waals surface area contributed by atoms with Crippen molar-refractivity contribution in [2.45, 2.75) is 0 Å². The average molecular weight is 339 g/mol. The molecule has 0 amide bonds. The summed E-state index contributed by atoms with van der Waals surface area (Å²) < 4.78 is 0. The van der Waals surface area contributed by atoms with Gasteiger partial charge in [-0.2, -0.15) is 0 Å². The Labute approximate surface area is 152 Å². The molecule has 4 rings (SSSR count). The summed E-state index contributed by atoms with van der Waals surface area (Å²) in [6.07, 6.45) is 0. The molecule has 4 heteroatoms. The number of hydrogen-bond acceptors (Lipinski definition) is 3. The van der Waals surface area contributed by atoms with Gasteiger partial charge in [0.05, 0.1) is 0 Å². The van der Waals surface area contributed by atoms with Gasteiger partial charge in [-0.05, 0) is 52.6 Å². The molecular weight excluding hydrogens is 321 g/mol. The molecule has 0 aromatic heterocycles. The van der Waals surface area contributed by atoms with Crippen LogP contribution in [-0.2, 0) is 0 Å². The smallest absolute Gasteiger partial charge is 0.423 e. The fourth-order valence-corrected chi connectivity index (χ4v) is 3.27. The highest BCUT2D eigenvalue weighted by Crippen LogP contribution is 2.35. The van der Waals surface area contributed by atoms with E-state index in [0.717, 1.165) is 27.8 Å². The molecule has 0 aliphatic carbocycles. The molecule has 0 unspecified atom stereocenters. The van der Waals surface area contributed by atoms with Crippen LogP contribution in [-0.4, -0.2) is 17.2 Å². The van der Waals surface area contributed by atoms with Crippen LogP contribution in [0, 0.1) is 0 Å². The Balaban J connectivity index is 1.97. The first kappa shape index (κ1) is 16.4. The third-order valence-corrected chi connectivity index (χ3v) is 4.44. The first-order valence-electron chi connectivity index (χ1n) is 8.53. The van der Waals surface area contributed by atoms with E-state index in [-0.39, 0.29) is 0 Å². The first-order valence-corrected chi connectivity index (χ1v) is 8.53. The van der Waals surface area contributed by atoms with Gasteiger partial charge < -0.3 is 14.9 Å². The zero-order valence-corrected chi connectivity index (χ0v) is 14.2. The van der Waals surface area contributed by atoms with Crippen LogP contribution >= 0.6 is 0 Å². The molecule has 0 bridgehead atoms. The van der Waals surface area contributed by atoms with Gasteiger partial charge in [0.2, 0.25) is 0 Å². The zero-order chi connectivity index (χ0) is 17.9. The third kappa shape index (κ3) is 3.08. The van der Waals surface area contributed by atoms with Crippen LogP contribution in [0.1, 0.15) is 0 Å². The van der Waals surface area contributed by atoms with Gasteiger partial charge in [-0.25, -0.2) is 0 Å². The van der Waals surface area contributed by atoms with Crippen molar-refractivity contribution < 1.29 is 10.0 Å². The second-order valence-corrected chi connectivity index (χ2v) is 6.14. The van der Waals surface area contributed by atoms with E-state index in [0.29, 0.717) is 5.46 Å². The SMILES string of the molecule is OB(O)c1cc(N(c2ccccc2)c2ccccc2)cc2ccccc12. The van der Waals surface area contributed by atoms with Crippen molar-refractivity contribution in [1.29, 1.82) is 0 Å². The molecular formula is C22H18BNO2. The Morgan fingerprint density at radius 2 is 1.12 bits per heavy atom. The number of hydrogen-bond donors (Lipinski definition) is 2. The van der Waals surface area contributed by atoms with Crippen LogP contribution in [0.4, 0.5) is 17.1 Å². The molecule has 0 atom stereocenters. The van der Waals surface area contributed by atoms with E-state index in [9.17, 15) is 10.0 Å². The number of benzene rings is 4.